The third kappa shape index (κ3) is 4.83. The van der Waals surface area contributed by atoms with E-state index in [-0.39, 0.29) is 25.0 Å². The molecule has 0 saturated heterocycles. The van der Waals surface area contributed by atoms with Crippen LogP contribution in [0.1, 0.15) is 24.5 Å². The molecule has 0 saturated carbocycles. The molecule has 1 aliphatic heterocycles. The number of rotatable bonds is 9. The van der Waals surface area contributed by atoms with E-state index in [4.69, 9.17) is 16.3 Å². The lowest BCUT2D eigenvalue weighted by Crippen LogP contribution is -2.31. The first-order valence-corrected chi connectivity index (χ1v) is 10.7. The second-order valence-electron chi connectivity index (χ2n) is 6.44. The maximum absolute atomic E-state index is 13.2. The van der Waals surface area contributed by atoms with E-state index in [1.807, 2.05) is 13.0 Å². The number of aliphatic hydroxyl groups is 1. The number of halogens is 1. The van der Waals surface area contributed by atoms with Crippen molar-refractivity contribution in [1.29, 1.82) is 0 Å². The third-order valence-corrected chi connectivity index (χ3v) is 5.79. The van der Waals surface area contributed by atoms with Crippen LogP contribution in [0.3, 0.4) is 0 Å². The van der Waals surface area contributed by atoms with Crippen LogP contribution in [-0.2, 0) is 16.1 Å². The normalized spacial score (nSPS) is 14.1. The fourth-order valence-electron chi connectivity index (χ4n) is 2.97. The molecular formula is C22H22ClNO4S. The van der Waals surface area contributed by atoms with Gasteiger partial charge in [-0.05, 0) is 35.7 Å². The van der Waals surface area contributed by atoms with Gasteiger partial charge in [-0.2, -0.15) is 0 Å². The van der Waals surface area contributed by atoms with E-state index in [0.717, 1.165) is 6.42 Å². The van der Waals surface area contributed by atoms with Gasteiger partial charge in [0.25, 0.3) is 11.8 Å². The van der Waals surface area contributed by atoms with Gasteiger partial charge in [0.1, 0.15) is 5.75 Å². The van der Waals surface area contributed by atoms with Gasteiger partial charge in [-0.3, -0.25) is 14.5 Å². The van der Waals surface area contributed by atoms with Crippen LogP contribution < -0.4 is 4.74 Å². The Morgan fingerprint density at radius 2 is 1.79 bits per heavy atom. The summed E-state index contributed by atoms with van der Waals surface area (Å²) in [6, 6.07) is 14.3. The highest BCUT2D eigenvalue weighted by atomic mass is 35.5. The number of nitrogens with zero attached hydrogens (tertiary/aromatic N) is 1. The zero-order valence-corrected chi connectivity index (χ0v) is 17.6. The predicted octanol–water partition coefficient (Wildman–Crippen LogP) is 4.13. The Labute approximate surface area is 179 Å². The molecule has 2 aromatic rings. The molecule has 5 nitrogen and oxygen atoms in total. The zero-order valence-electron chi connectivity index (χ0n) is 16.1. The fraction of sp³-hybridized carbons (Fsp3) is 0.273. The van der Waals surface area contributed by atoms with Gasteiger partial charge in [-0.25, -0.2) is 0 Å². The quantitative estimate of drug-likeness (QED) is 0.604. The van der Waals surface area contributed by atoms with Crippen molar-refractivity contribution in [1.82, 2.24) is 4.90 Å². The van der Waals surface area contributed by atoms with Crippen molar-refractivity contribution in [3.63, 3.8) is 0 Å². The van der Waals surface area contributed by atoms with E-state index in [1.165, 1.54) is 16.7 Å². The number of imide groups is 1. The Hall–Kier alpha value is -2.28. The number of hydrogen-bond donors (Lipinski definition) is 1. The van der Waals surface area contributed by atoms with Crippen molar-refractivity contribution in [2.45, 2.75) is 19.9 Å². The first-order chi connectivity index (χ1) is 14.1. The molecule has 0 spiro atoms. The Balaban J connectivity index is 1.91. The van der Waals surface area contributed by atoms with E-state index < -0.39 is 0 Å². The first-order valence-electron chi connectivity index (χ1n) is 9.37. The van der Waals surface area contributed by atoms with Crippen LogP contribution >= 0.6 is 23.4 Å². The van der Waals surface area contributed by atoms with Crippen LogP contribution in [0.15, 0.2) is 53.4 Å². The number of amides is 2. The van der Waals surface area contributed by atoms with Crippen LogP contribution in [0.4, 0.5) is 0 Å². The van der Waals surface area contributed by atoms with Crippen molar-refractivity contribution >= 4 is 40.8 Å². The van der Waals surface area contributed by atoms with Gasteiger partial charge in [0.2, 0.25) is 0 Å². The summed E-state index contributed by atoms with van der Waals surface area (Å²) < 4.78 is 5.59. The number of aliphatic hydroxyl groups excluding tert-OH is 1. The number of thioether (sulfide) groups is 1. The van der Waals surface area contributed by atoms with Crippen molar-refractivity contribution < 1.29 is 19.4 Å². The van der Waals surface area contributed by atoms with Gasteiger partial charge in [-0.1, -0.05) is 48.9 Å². The average molecular weight is 432 g/mol. The lowest BCUT2D eigenvalue weighted by Gasteiger charge is -2.16. The molecule has 0 unspecified atom stereocenters. The van der Waals surface area contributed by atoms with Gasteiger partial charge in [0.15, 0.2) is 0 Å². The molecule has 1 heterocycles. The van der Waals surface area contributed by atoms with Crippen molar-refractivity contribution in [2.24, 2.45) is 0 Å². The highest BCUT2D eigenvalue weighted by Gasteiger charge is 2.39. The summed E-state index contributed by atoms with van der Waals surface area (Å²) in [5, 5.41) is 9.71. The minimum Gasteiger partial charge on any atom is -0.494 e. The van der Waals surface area contributed by atoms with Gasteiger partial charge in [0, 0.05) is 10.8 Å². The second kappa shape index (κ2) is 9.96. The van der Waals surface area contributed by atoms with Crippen LogP contribution in [0, 0.1) is 0 Å². The van der Waals surface area contributed by atoms with E-state index >= 15 is 0 Å². The molecule has 0 bridgehead atoms. The fourth-order valence-corrected chi connectivity index (χ4v) is 4.04. The maximum Gasteiger partial charge on any atom is 0.268 e. The number of ether oxygens (including phenoxy) is 1. The smallest absolute Gasteiger partial charge is 0.268 e. The summed E-state index contributed by atoms with van der Waals surface area (Å²) in [6.07, 6.45) is 0.902. The lowest BCUT2D eigenvalue weighted by molar-refractivity contribution is -0.137. The molecule has 29 heavy (non-hydrogen) atoms. The molecule has 0 atom stereocenters. The van der Waals surface area contributed by atoms with Crippen LogP contribution in [0.25, 0.3) is 5.57 Å². The molecule has 1 aliphatic rings. The Morgan fingerprint density at radius 1 is 1.07 bits per heavy atom. The molecule has 0 fully saturated rings. The number of benzene rings is 2. The van der Waals surface area contributed by atoms with E-state index in [2.05, 4.69) is 0 Å². The molecule has 1 N–H and O–H groups in total. The van der Waals surface area contributed by atoms with Crippen molar-refractivity contribution in [2.75, 3.05) is 19.0 Å². The highest BCUT2D eigenvalue weighted by Crippen LogP contribution is 2.37. The Bertz CT molecular complexity index is 927. The molecule has 0 radical (unpaired) electrons. The lowest BCUT2D eigenvalue weighted by atomic mass is 10.1. The summed E-state index contributed by atoms with van der Waals surface area (Å²) >= 11 is 7.40. The third-order valence-electron chi connectivity index (χ3n) is 4.37. The van der Waals surface area contributed by atoms with E-state index in [1.54, 1.807) is 42.5 Å². The van der Waals surface area contributed by atoms with E-state index in [9.17, 15) is 14.7 Å². The first kappa shape index (κ1) is 21.4. The van der Waals surface area contributed by atoms with Gasteiger partial charge in [0.05, 0.1) is 30.2 Å². The van der Waals surface area contributed by atoms with Crippen LogP contribution in [0.2, 0.25) is 5.02 Å². The highest BCUT2D eigenvalue weighted by molar-refractivity contribution is 8.04. The molecular weight excluding hydrogens is 410 g/mol. The Kier molecular flexibility index (Phi) is 7.36. The number of carbonyl (C=O) groups excluding carboxylic acids is 2. The van der Waals surface area contributed by atoms with Crippen molar-refractivity contribution in [3.8, 4) is 5.75 Å². The molecule has 7 heteroatoms. The summed E-state index contributed by atoms with van der Waals surface area (Å²) in [4.78, 5) is 27.7. The number of hydrogen-bond acceptors (Lipinski definition) is 5. The standard InChI is InChI=1S/C22H22ClNO4S/c1-2-12-28-17-9-7-15(8-10-17)19-20(29-13-11-25)22(27)24(21(19)26)14-16-5-3-4-6-18(16)23/h3-10,25H,2,11-14H2,1H3. The summed E-state index contributed by atoms with van der Waals surface area (Å²) in [5.41, 5.74) is 1.70. The second-order valence-corrected chi connectivity index (χ2v) is 7.95. The predicted molar refractivity (Wildman–Crippen MR) is 116 cm³/mol. The number of carbonyl (C=O) groups is 2. The van der Waals surface area contributed by atoms with Crippen LogP contribution in [0.5, 0.6) is 5.75 Å². The summed E-state index contributed by atoms with van der Waals surface area (Å²) in [5.74, 6) is 0.313. The van der Waals surface area contributed by atoms with Gasteiger partial charge in [-0.15, -0.1) is 11.8 Å². The van der Waals surface area contributed by atoms with Crippen molar-refractivity contribution in [3.05, 3.63) is 69.6 Å². The SMILES string of the molecule is CCCOc1ccc(C2=C(SCCO)C(=O)N(Cc3ccccc3Cl)C2=O)cc1. The Morgan fingerprint density at radius 3 is 2.45 bits per heavy atom. The molecule has 0 aromatic heterocycles. The van der Waals surface area contributed by atoms with Gasteiger partial charge >= 0.3 is 0 Å². The minimum absolute atomic E-state index is 0.0861. The van der Waals surface area contributed by atoms with Gasteiger partial charge < -0.3 is 9.84 Å². The largest absolute Gasteiger partial charge is 0.494 e. The molecule has 2 aromatic carbocycles. The summed E-state index contributed by atoms with van der Waals surface area (Å²) in [6.45, 7) is 2.65. The van der Waals surface area contributed by atoms with Crippen LogP contribution in [-0.4, -0.2) is 40.8 Å². The zero-order chi connectivity index (χ0) is 20.8. The topological polar surface area (TPSA) is 66.8 Å². The van der Waals surface area contributed by atoms with E-state index in [0.29, 0.717) is 44.7 Å². The monoisotopic (exact) mass is 431 g/mol. The summed E-state index contributed by atoms with van der Waals surface area (Å²) in [7, 11) is 0. The molecule has 3 rings (SSSR count). The molecule has 2 amide bonds. The molecule has 152 valence electrons. The maximum atomic E-state index is 13.2. The molecule has 0 aliphatic carbocycles. The average Bonchev–Trinajstić information content (AvgIpc) is 2.96. The minimum atomic E-state index is -0.366.